The number of hydrogen-bond acceptors (Lipinski definition) is 3. The normalized spacial score (nSPS) is 11.8. The number of nitrogens with zero attached hydrogens (tertiary/aromatic N) is 2. The molecule has 0 radical (unpaired) electrons. The van der Waals surface area contributed by atoms with Crippen LogP contribution in [0.15, 0.2) is 12.1 Å². The number of nitrogens with one attached hydrogen (secondary N) is 1. The molecule has 15 heavy (non-hydrogen) atoms. The van der Waals surface area contributed by atoms with Crippen LogP contribution in [0.5, 0.6) is 0 Å². The largest absolute Gasteiger partial charge is 0.301 e. The maximum atomic E-state index is 11.5. The number of anilines is 1. The fourth-order valence-corrected chi connectivity index (χ4v) is 1.73. The first-order valence-electron chi connectivity index (χ1n) is 4.16. The van der Waals surface area contributed by atoms with E-state index in [9.17, 15) is 8.42 Å². The first-order chi connectivity index (χ1) is 6.83. The van der Waals surface area contributed by atoms with E-state index in [0.29, 0.717) is 16.5 Å². The first-order valence-corrected chi connectivity index (χ1v) is 5.98. The lowest BCUT2D eigenvalue weighted by Gasteiger charge is -2.14. The minimum absolute atomic E-state index is 0.334. The summed E-state index contributed by atoms with van der Waals surface area (Å²) in [6.07, 6.45) is 0. The molecule has 7 heteroatoms. The number of aryl methyl sites for hydroxylation is 1. The van der Waals surface area contributed by atoms with Gasteiger partial charge in [-0.15, -0.1) is 0 Å². The zero-order chi connectivity index (χ0) is 11.6. The van der Waals surface area contributed by atoms with Crippen LogP contribution in [0.4, 0.5) is 5.69 Å². The molecular weight excluding hydrogens is 238 g/mol. The van der Waals surface area contributed by atoms with Crippen molar-refractivity contribution in [2.24, 2.45) is 0 Å². The SMILES string of the molecule is Cc1nc(Cl)ccc1NS(=O)(=O)N(C)C. The molecule has 0 saturated carbocycles. The van der Waals surface area contributed by atoms with Crippen LogP contribution in [0.2, 0.25) is 5.15 Å². The van der Waals surface area contributed by atoms with Gasteiger partial charge in [0, 0.05) is 14.1 Å². The second-order valence-electron chi connectivity index (χ2n) is 3.16. The first kappa shape index (κ1) is 12.2. The van der Waals surface area contributed by atoms with Gasteiger partial charge in [-0.1, -0.05) is 11.6 Å². The molecule has 84 valence electrons. The van der Waals surface area contributed by atoms with E-state index in [1.54, 1.807) is 13.0 Å². The van der Waals surface area contributed by atoms with Crippen LogP contribution in [0.25, 0.3) is 0 Å². The van der Waals surface area contributed by atoms with E-state index < -0.39 is 10.2 Å². The third kappa shape index (κ3) is 3.05. The number of halogens is 1. The number of hydrogen-bond donors (Lipinski definition) is 1. The van der Waals surface area contributed by atoms with Gasteiger partial charge >= 0.3 is 10.2 Å². The highest BCUT2D eigenvalue weighted by molar-refractivity contribution is 7.90. The fourth-order valence-electron chi connectivity index (χ4n) is 0.869. The van der Waals surface area contributed by atoms with E-state index >= 15 is 0 Å². The fraction of sp³-hybridized carbons (Fsp3) is 0.375. The molecule has 1 N–H and O–H groups in total. The Morgan fingerprint density at radius 2 is 2.00 bits per heavy atom. The van der Waals surface area contributed by atoms with E-state index in [1.165, 1.54) is 20.2 Å². The molecule has 5 nitrogen and oxygen atoms in total. The Bertz CT molecular complexity index is 459. The average Bonchev–Trinajstić information content (AvgIpc) is 2.09. The molecule has 1 aromatic heterocycles. The van der Waals surface area contributed by atoms with Gasteiger partial charge < -0.3 is 0 Å². The maximum Gasteiger partial charge on any atom is 0.301 e. The van der Waals surface area contributed by atoms with Crippen molar-refractivity contribution in [3.63, 3.8) is 0 Å². The van der Waals surface area contributed by atoms with Crippen molar-refractivity contribution in [3.05, 3.63) is 23.0 Å². The molecule has 0 amide bonds. The zero-order valence-electron chi connectivity index (χ0n) is 8.65. The topological polar surface area (TPSA) is 62.3 Å². The molecule has 0 spiro atoms. The van der Waals surface area contributed by atoms with Crippen LogP contribution >= 0.6 is 11.6 Å². The molecule has 0 aliphatic carbocycles. The summed E-state index contributed by atoms with van der Waals surface area (Å²) in [5.74, 6) is 0. The molecule has 1 heterocycles. The Kier molecular flexibility index (Phi) is 3.54. The molecule has 1 rings (SSSR count). The molecule has 0 bridgehead atoms. The standard InChI is InChI=1S/C8H12ClN3O2S/c1-6-7(4-5-8(9)10-6)11-15(13,14)12(2)3/h4-5,11H,1-3H3. The van der Waals surface area contributed by atoms with E-state index in [0.717, 1.165) is 4.31 Å². The van der Waals surface area contributed by atoms with Crippen molar-refractivity contribution >= 4 is 27.5 Å². The lowest BCUT2D eigenvalue weighted by molar-refractivity contribution is 0.526. The maximum absolute atomic E-state index is 11.5. The number of aromatic nitrogens is 1. The van der Waals surface area contributed by atoms with E-state index in [2.05, 4.69) is 9.71 Å². The van der Waals surface area contributed by atoms with Gasteiger partial charge in [0.25, 0.3) is 0 Å². The van der Waals surface area contributed by atoms with Crippen LogP contribution in [-0.2, 0) is 10.2 Å². The zero-order valence-corrected chi connectivity index (χ0v) is 10.2. The van der Waals surface area contributed by atoms with Crippen LogP contribution in [-0.4, -0.2) is 31.8 Å². The van der Waals surface area contributed by atoms with Gasteiger partial charge in [-0.3, -0.25) is 4.72 Å². The third-order valence-electron chi connectivity index (χ3n) is 1.77. The number of pyridine rings is 1. The molecular formula is C8H12ClN3O2S. The van der Waals surface area contributed by atoms with Crippen molar-refractivity contribution in [2.45, 2.75) is 6.92 Å². The summed E-state index contributed by atoms with van der Waals surface area (Å²) in [5, 5.41) is 0.334. The summed E-state index contributed by atoms with van der Waals surface area (Å²) in [7, 11) is -0.595. The Labute approximate surface area is 94.3 Å². The van der Waals surface area contributed by atoms with E-state index in [-0.39, 0.29) is 0 Å². The number of rotatable bonds is 3. The molecule has 0 saturated heterocycles. The van der Waals surface area contributed by atoms with Crippen molar-refractivity contribution < 1.29 is 8.42 Å². The van der Waals surface area contributed by atoms with Gasteiger partial charge in [0.1, 0.15) is 5.15 Å². The average molecular weight is 250 g/mol. The molecule has 0 aliphatic rings. The monoisotopic (exact) mass is 249 g/mol. The second-order valence-corrected chi connectivity index (χ2v) is 5.43. The Balaban J connectivity index is 3.01. The van der Waals surface area contributed by atoms with Gasteiger partial charge in [0.2, 0.25) is 0 Å². The van der Waals surface area contributed by atoms with Crippen LogP contribution in [0, 0.1) is 6.92 Å². The van der Waals surface area contributed by atoms with Gasteiger partial charge in [-0.2, -0.15) is 12.7 Å². The van der Waals surface area contributed by atoms with Crippen molar-refractivity contribution in [2.75, 3.05) is 18.8 Å². The van der Waals surface area contributed by atoms with Crippen molar-refractivity contribution in [3.8, 4) is 0 Å². The van der Waals surface area contributed by atoms with E-state index in [4.69, 9.17) is 11.6 Å². The minimum Gasteiger partial charge on any atom is -0.269 e. The van der Waals surface area contributed by atoms with Crippen molar-refractivity contribution in [1.29, 1.82) is 0 Å². The summed E-state index contributed by atoms with van der Waals surface area (Å²) < 4.78 is 26.5. The summed E-state index contributed by atoms with van der Waals surface area (Å²) in [5.41, 5.74) is 0.959. The summed E-state index contributed by atoms with van der Waals surface area (Å²) in [4.78, 5) is 3.94. The Morgan fingerprint density at radius 1 is 1.40 bits per heavy atom. The molecule has 0 aliphatic heterocycles. The lowest BCUT2D eigenvalue weighted by atomic mass is 10.3. The van der Waals surface area contributed by atoms with Crippen LogP contribution < -0.4 is 4.72 Å². The minimum atomic E-state index is -3.49. The molecule has 0 atom stereocenters. The van der Waals surface area contributed by atoms with E-state index in [1.807, 2.05) is 0 Å². The molecule has 0 fully saturated rings. The third-order valence-corrected chi connectivity index (χ3v) is 3.42. The Morgan fingerprint density at radius 3 is 2.47 bits per heavy atom. The van der Waals surface area contributed by atoms with Gasteiger partial charge in [-0.25, -0.2) is 4.98 Å². The highest BCUT2D eigenvalue weighted by atomic mass is 35.5. The summed E-state index contributed by atoms with van der Waals surface area (Å²) >= 11 is 5.65. The predicted octanol–water partition coefficient (Wildman–Crippen LogP) is 1.26. The molecule has 0 unspecified atom stereocenters. The predicted molar refractivity (Wildman–Crippen MR) is 60.2 cm³/mol. The van der Waals surface area contributed by atoms with Crippen LogP contribution in [0.3, 0.4) is 0 Å². The lowest BCUT2D eigenvalue weighted by Crippen LogP contribution is -2.29. The Hall–Kier alpha value is -0.850. The van der Waals surface area contributed by atoms with Crippen molar-refractivity contribution in [1.82, 2.24) is 9.29 Å². The highest BCUT2D eigenvalue weighted by Crippen LogP contribution is 2.17. The van der Waals surface area contributed by atoms with Gasteiger partial charge in [0.15, 0.2) is 0 Å². The van der Waals surface area contributed by atoms with Gasteiger partial charge in [0.05, 0.1) is 11.4 Å². The summed E-state index contributed by atoms with van der Waals surface area (Å²) in [6.45, 7) is 1.68. The molecule has 1 aromatic rings. The van der Waals surface area contributed by atoms with Crippen LogP contribution in [0.1, 0.15) is 5.69 Å². The smallest absolute Gasteiger partial charge is 0.269 e. The molecule has 0 aromatic carbocycles. The summed E-state index contributed by atoms with van der Waals surface area (Å²) in [6, 6.07) is 3.10. The second kappa shape index (κ2) is 4.34. The van der Waals surface area contributed by atoms with Gasteiger partial charge in [-0.05, 0) is 19.1 Å². The quantitative estimate of drug-likeness (QED) is 0.821. The highest BCUT2D eigenvalue weighted by Gasteiger charge is 2.14.